The summed E-state index contributed by atoms with van der Waals surface area (Å²) in [5, 5.41) is 29.8. The van der Waals surface area contributed by atoms with E-state index in [1.165, 1.54) is 32.4 Å². The van der Waals surface area contributed by atoms with Gasteiger partial charge in [-0.1, -0.05) is 6.07 Å². The van der Waals surface area contributed by atoms with Gasteiger partial charge in [0.1, 0.15) is 0 Å². The number of ether oxygens (including phenoxy) is 3. The lowest BCUT2D eigenvalue weighted by Gasteiger charge is -2.21. The second kappa shape index (κ2) is 7.85. The first-order valence-corrected chi connectivity index (χ1v) is 8.50. The minimum atomic E-state index is -0.572. The van der Waals surface area contributed by atoms with Crippen molar-refractivity contribution in [2.75, 3.05) is 27.4 Å². The van der Waals surface area contributed by atoms with Crippen molar-refractivity contribution in [1.29, 1.82) is 0 Å². The number of methoxy groups -OCH3 is 2. The molecular formula is C20H22O7. The first-order chi connectivity index (χ1) is 13.0. The number of aliphatic hydroxyl groups excluding tert-OH is 1. The molecule has 0 amide bonds. The number of aromatic hydroxyl groups is 2. The van der Waals surface area contributed by atoms with Gasteiger partial charge in [-0.3, -0.25) is 4.79 Å². The molecule has 1 fully saturated rings. The molecule has 1 saturated heterocycles. The maximum Gasteiger partial charge on any atom is 0.168 e. The van der Waals surface area contributed by atoms with E-state index in [0.29, 0.717) is 16.9 Å². The van der Waals surface area contributed by atoms with Crippen LogP contribution in [-0.4, -0.2) is 48.5 Å². The van der Waals surface area contributed by atoms with Crippen LogP contribution in [-0.2, 0) is 4.74 Å². The average molecular weight is 374 g/mol. The van der Waals surface area contributed by atoms with E-state index < -0.39 is 17.9 Å². The van der Waals surface area contributed by atoms with Gasteiger partial charge in [0.25, 0.3) is 0 Å². The minimum Gasteiger partial charge on any atom is -0.504 e. The molecule has 0 spiro atoms. The van der Waals surface area contributed by atoms with E-state index in [-0.39, 0.29) is 36.2 Å². The monoisotopic (exact) mass is 374 g/mol. The highest BCUT2D eigenvalue weighted by Crippen LogP contribution is 2.42. The normalized spacial score (nSPS) is 21.8. The van der Waals surface area contributed by atoms with E-state index in [2.05, 4.69) is 0 Å². The Morgan fingerprint density at radius 2 is 1.70 bits per heavy atom. The highest BCUT2D eigenvalue weighted by atomic mass is 16.5. The molecule has 3 rings (SSSR count). The number of hydrogen-bond donors (Lipinski definition) is 3. The fraction of sp³-hybridized carbons (Fsp3) is 0.350. The van der Waals surface area contributed by atoms with Crippen LogP contribution in [0, 0.1) is 11.8 Å². The van der Waals surface area contributed by atoms with E-state index in [1.807, 2.05) is 0 Å². The third kappa shape index (κ3) is 3.56. The first-order valence-electron chi connectivity index (χ1n) is 8.50. The van der Waals surface area contributed by atoms with Gasteiger partial charge >= 0.3 is 0 Å². The lowest BCUT2D eigenvalue weighted by Crippen LogP contribution is -2.26. The average Bonchev–Trinajstić information content (AvgIpc) is 3.11. The number of hydrogen-bond acceptors (Lipinski definition) is 7. The Balaban J connectivity index is 1.84. The van der Waals surface area contributed by atoms with Crippen molar-refractivity contribution in [3.8, 4) is 23.0 Å². The lowest BCUT2D eigenvalue weighted by atomic mass is 9.83. The predicted octanol–water partition coefficient (Wildman–Crippen LogP) is 2.29. The van der Waals surface area contributed by atoms with Crippen LogP contribution in [0.15, 0.2) is 36.4 Å². The molecule has 0 aromatic heterocycles. The second-order valence-corrected chi connectivity index (χ2v) is 6.39. The Bertz CT molecular complexity index is 833. The Morgan fingerprint density at radius 3 is 2.26 bits per heavy atom. The number of ketones is 1. The van der Waals surface area contributed by atoms with E-state index >= 15 is 0 Å². The Hall–Kier alpha value is -2.77. The molecule has 2 aromatic carbocycles. The maximum absolute atomic E-state index is 12.9. The topological polar surface area (TPSA) is 105 Å². The summed E-state index contributed by atoms with van der Waals surface area (Å²) in [4.78, 5) is 12.9. The van der Waals surface area contributed by atoms with Crippen molar-refractivity contribution >= 4 is 5.78 Å². The van der Waals surface area contributed by atoms with Gasteiger partial charge in [-0.25, -0.2) is 0 Å². The van der Waals surface area contributed by atoms with E-state index in [0.717, 1.165) is 0 Å². The smallest absolute Gasteiger partial charge is 0.168 e. The summed E-state index contributed by atoms with van der Waals surface area (Å²) in [6.45, 7) is -0.121. The fourth-order valence-electron chi connectivity index (χ4n) is 3.44. The van der Waals surface area contributed by atoms with Crippen LogP contribution in [0.1, 0.15) is 22.0 Å². The zero-order valence-corrected chi connectivity index (χ0v) is 15.1. The van der Waals surface area contributed by atoms with E-state index in [1.54, 1.807) is 18.2 Å². The third-order valence-corrected chi connectivity index (χ3v) is 4.90. The molecule has 0 aliphatic carbocycles. The molecule has 27 heavy (non-hydrogen) atoms. The molecule has 1 aliphatic rings. The molecule has 0 saturated carbocycles. The predicted molar refractivity (Wildman–Crippen MR) is 96.4 cm³/mol. The largest absolute Gasteiger partial charge is 0.504 e. The number of carbonyl (C=O) groups is 1. The highest BCUT2D eigenvalue weighted by Gasteiger charge is 2.42. The molecule has 0 unspecified atom stereocenters. The number of aliphatic hydroxyl groups is 1. The minimum absolute atomic E-state index is 0.0369. The Labute approximate surface area is 156 Å². The van der Waals surface area contributed by atoms with Crippen LogP contribution in [0.2, 0.25) is 0 Å². The second-order valence-electron chi connectivity index (χ2n) is 6.39. The molecule has 2 aromatic rings. The molecule has 1 heterocycles. The SMILES string of the molecule is COc1ccc(C(=O)[C@@H]2CO[C@@H](c3ccc(OC)c(O)c3)[C@H]2CO)cc1O. The maximum atomic E-state index is 12.9. The summed E-state index contributed by atoms with van der Waals surface area (Å²) in [6.07, 6.45) is -0.535. The number of phenols is 2. The zero-order chi connectivity index (χ0) is 19.6. The summed E-state index contributed by atoms with van der Waals surface area (Å²) >= 11 is 0. The third-order valence-electron chi connectivity index (χ3n) is 4.90. The van der Waals surface area contributed by atoms with Crippen molar-refractivity contribution < 1.29 is 34.3 Å². The quantitative estimate of drug-likeness (QED) is 0.666. The van der Waals surface area contributed by atoms with E-state index in [4.69, 9.17) is 14.2 Å². The van der Waals surface area contributed by atoms with Gasteiger partial charge in [0.2, 0.25) is 0 Å². The summed E-state index contributed by atoms with van der Waals surface area (Å²) in [7, 11) is 2.88. The van der Waals surface area contributed by atoms with Gasteiger partial charge in [0.15, 0.2) is 28.8 Å². The van der Waals surface area contributed by atoms with Gasteiger partial charge < -0.3 is 29.5 Å². The lowest BCUT2D eigenvalue weighted by molar-refractivity contribution is 0.0713. The summed E-state index contributed by atoms with van der Waals surface area (Å²) in [5.41, 5.74) is 0.971. The molecule has 0 bridgehead atoms. The first kappa shape index (κ1) is 19.0. The van der Waals surface area contributed by atoms with Crippen molar-refractivity contribution in [3.63, 3.8) is 0 Å². The number of carbonyl (C=O) groups excluding carboxylic acids is 1. The van der Waals surface area contributed by atoms with Gasteiger partial charge in [0.05, 0.1) is 32.8 Å². The van der Waals surface area contributed by atoms with Crippen molar-refractivity contribution in [1.82, 2.24) is 0 Å². The van der Waals surface area contributed by atoms with Gasteiger partial charge in [0, 0.05) is 18.1 Å². The van der Waals surface area contributed by atoms with Crippen LogP contribution >= 0.6 is 0 Å². The molecule has 7 nitrogen and oxygen atoms in total. The van der Waals surface area contributed by atoms with Crippen LogP contribution in [0.4, 0.5) is 0 Å². The molecule has 1 aliphatic heterocycles. The molecule has 3 atom stereocenters. The number of rotatable bonds is 6. The molecular weight excluding hydrogens is 352 g/mol. The summed E-state index contributed by atoms with van der Waals surface area (Å²) in [6, 6.07) is 9.30. The molecule has 0 radical (unpaired) electrons. The van der Waals surface area contributed by atoms with Crippen molar-refractivity contribution in [3.05, 3.63) is 47.5 Å². The van der Waals surface area contributed by atoms with Crippen LogP contribution in [0.3, 0.4) is 0 Å². The summed E-state index contributed by atoms with van der Waals surface area (Å²) in [5.74, 6) is -0.832. The summed E-state index contributed by atoms with van der Waals surface area (Å²) < 4.78 is 15.8. The van der Waals surface area contributed by atoms with Gasteiger partial charge in [-0.05, 0) is 35.9 Å². The number of Topliss-reactive ketones (excluding diaryl/α,β-unsaturated/α-hetero) is 1. The van der Waals surface area contributed by atoms with Crippen molar-refractivity contribution in [2.45, 2.75) is 6.10 Å². The Morgan fingerprint density at radius 1 is 1.07 bits per heavy atom. The van der Waals surface area contributed by atoms with Gasteiger partial charge in [-0.15, -0.1) is 0 Å². The number of phenolic OH excluding ortho intramolecular Hbond substituents is 2. The molecule has 7 heteroatoms. The van der Waals surface area contributed by atoms with E-state index in [9.17, 15) is 20.1 Å². The zero-order valence-electron chi connectivity index (χ0n) is 15.1. The fourth-order valence-corrected chi connectivity index (χ4v) is 3.44. The standard InChI is InChI=1S/C20H22O7/c1-25-17-5-3-11(7-15(17)22)19(24)14-10-27-20(13(14)9-21)12-4-6-18(26-2)16(23)8-12/h3-8,13-14,20-23H,9-10H2,1-2H3/t13-,14+,20-/m0/s1. The highest BCUT2D eigenvalue weighted by molar-refractivity contribution is 5.99. The van der Waals surface area contributed by atoms with Crippen LogP contribution in [0.5, 0.6) is 23.0 Å². The Kier molecular flexibility index (Phi) is 5.53. The van der Waals surface area contributed by atoms with Crippen LogP contribution in [0.25, 0.3) is 0 Å². The molecule has 3 N–H and O–H groups in total. The van der Waals surface area contributed by atoms with Crippen LogP contribution < -0.4 is 9.47 Å². The van der Waals surface area contributed by atoms with Crippen molar-refractivity contribution in [2.24, 2.45) is 11.8 Å². The number of benzene rings is 2. The molecule has 144 valence electrons. The van der Waals surface area contributed by atoms with Gasteiger partial charge in [-0.2, -0.15) is 0 Å².